The van der Waals surface area contributed by atoms with Gasteiger partial charge in [0.05, 0.1) is 26.4 Å². The number of phosphoric acid groups is 2. The second kappa shape index (κ2) is 36.6. The lowest BCUT2D eigenvalue weighted by Crippen LogP contribution is -2.25. The van der Waals surface area contributed by atoms with Gasteiger partial charge in [-0.1, -0.05) is 134 Å². The van der Waals surface area contributed by atoms with Crippen LogP contribution in [0.25, 0.3) is 0 Å². The van der Waals surface area contributed by atoms with Gasteiger partial charge in [0.15, 0.2) is 0 Å². The van der Waals surface area contributed by atoms with Crippen molar-refractivity contribution in [2.45, 2.75) is 173 Å². The lowest BCUT2D eigenvalue weighted by Gasteiger charge is -2.19. The summed E-state index contributed by atoms with van der Waals surface area (Å²) < 4.78 is 52.7. The molecule has 5 atom stereocenters. The Bertz CT molecular complexity index is 1120. The van der Waals surface area contributed by atoms with Crippen LogP contribution in [0.1, 0.15) is 155 Å². The summed E-state index contributed by atoms with van der Waals surface area (Å²) in [5, 5.41) is 29.8. The van der Waals surface area contributed by atoms with Gasteiger partial charge >= 0.3 is 27.6 Å². The zero-order valence-corrected chi connectivity index (χ0v) is 35.8. The van der Waals surface area contributed by atoms with Crippen molar-refractivity contribution in [1.82, 2.24) is 0 Å². The topological polar surface area (TPSA) is 225 Å². The van der Waals surface area contributed by atoms with Crippen LogP contribution in [0.2, 0.25) is 0 Å². The van der Waals surface area contributed by atoms with Crippen LogP contribution < -0.4 is 0 Å². The fourth-order valence-electron chi connectivity index (χ4n) is 5.15. The van der Waals surface area contributed by atoms with E-state index in [2.05, 4.69) is 44.1 Å². The number of rotatable bonds is 40. The summed E-state index contributed by atoms with van der Waals surface area (Å²) in [7, 11) is -9.56. The van der Waals surface area contributed by atoms with Crippen LogP contribution in [-0.2, 0) is 46.3 Å². The molecule has 0 rings (SSSR count). The highest BCUT2D eigenvalue weighted by molar-refractivity contribution is 7.47. The van der Waals surface area contributed by atoms with Crippen LogP contribution in [0.4, 0.5) is 0 Å². The Morgan fingerprint density at radius 2 is 0.804 bits per heavy atom. The second-order valence-corrected chi connectivity index (χ2v) is 16.9. The number of hydrogen-bond acceptors (Lipinski definition) is 13. The van der Waals surface area contributed by atoms with Crippen molar-refractivity contribution in [3.8, 4) is 0 Å². The Labute approximate surface area is 335 Å². The molecule has 0 aliphatic carbocycles. The molecule has 0 amide bonds. The number of phosphoric ester groups is 2. The van der Waals surface area contributed by atoms with Gasteiger partial charge < -0.3 is 34.6 Å². The van der Waals surface area contributed by atoms with E-state index in [9.17, 15) is 43.8 Å². The van der Waals surface area contributed by atoms with Gasteiger partial charge in [0, 0.05) is 12.8 Å². The molecule has 0 aliphatic rings. The molecule has 0 heterocycles. The first kappa shape index (κ1) is 54.5. The molecule has 0 aromatic rings. The van der Waals surface area contributed by atoms with E-state index >= 15 is 0 Å². The van der Waals surface area contributed by atoms with Gasteiger partial charge in [-0.05, 0) is 32.1 Å². The van der Waals surface area contributed by atoms with E-state index in [1.807, 2.05) is 12.2 Å². The molecule has 56 heavy (non-hydrogen) atoms. The first-order valence-electron chi connectivity index (χ1n) is 20.7. The minimum atomic E-state index is -4.79. The molecular weight excluding hydrogens is 770 g/mol. The SMILES string of the molecule is CCCCCCCC/C=C\C/C=C/CCC(=O)OCC(O)COP(=O)(O)OCC(O)COP(=O)(O)OCC(O)COC(=O)CCCCCCCCCCCCC. The number of carbonyl (C=O) groups is 2. The predicted molar refractivity (Wildman–Crippen MR) is 215 cm³/mol. The number of ether oxygens (including phenoxy) is 2. The zero-order valence-electron chi connectivity index (χ0n) is 34.1. The summed E-state index contributed by atoms with van der Waals surface area (Å²) in [5.74, 6) is -1.06. The third-order valence-corrected chi connectivity index (χ3v) is 10.3. The van der Waals surface area contributed by atoms with E-state index in [-0.39, 0.29) is 12.8 Å². The molecule has 15 nitrogen and oxygen atoms in total. The van der Waals surface area contributed by atoms with E-state index in [4.69, 9.17) is 9.47 Å². The lowest BCUT2D eigenvalue weighted by molar-refractivity contribution is -0.148. The van der Waals surface area contributed by atoms with E-state index in [0.717, 1.165) is 32.1 Å². The number of hydrogen-bond donors (Lipinski definition) is 5. The summed E-state index contributed by atoms with van der Waals surface area (Å²) in [6.07, 6.45) is 26.3. The minimum absolute atomic E-state index is 0.0917. The van der Waals surface area contributed by atoms with E-state index in [1.54, 1.807) is 0 Å². The average molecular weight is 845 g/mol. The number of aliphatic hydroxyl groups is 3. The Kier molecular flexibility index (Phi) is 35.6. The summed E-state index contributed by atoms with van der Waals surface area (Å²) in [5.41, 5.74) is 0. The van der Waals surface area contributed by atoms with Crippen molar-refractivity contribution in [2.75, 3.05) is 39.6 Å². The van der Waals surface area contributed by atoms with Crippen LogP contribution >= 0.6 is 15.6 Å². The van der Waals surface area contributed by atoms with Crippen LogP contribution in [-0.4, -0.2) is 95.0 Å². The van der Waals surface area contributed by atoms with Gasteiger partial charge in [0.1, 0.15) is 31.5 Å². The normalized spacial score (nSPS) is 15.8. The van der Waals surface area contributed by atoms with E-state index < -0.39 is 85.5 Å². The van der Waals surface area contributed by atoms with Crippen molar-refractivity contribution < 1.29 is 71.4 Å². The summed E-state index contributed by atoms with van der Waals surface area (Å²) in [4.78, 5) is 43.4. The first-order valence-corrected chi connectivity index (χ1v) is 23.7. The van der Waals surface area contributed by atoms with Crippen molar-refractivity contribution in [3.63, 3.8) is 0 Å². The number of allylic oxidation sites excluding steroid dienone is 4. The maximum atomic E-state index is 12.1. The molecule has 0 aromatic heterocycles. The quantitative estimate of drug-likeness (QED) is 0.0170. The van der Waals surface area contributed by atoms with Gasteiger partial charge in [0.25, 0.3) is 0 Å². The van der Waals surface area contributed by atoms with Crippen molar-refractivity contribution in [1.29, 1.82) is 0 Å². The third-order valence-electron chi connectivity index (χ3n) is 8.42. The Balaban J connectivity index is 3.99. The molecule has 0 saturated heterocycles. The zero-order chi connectivity index (χ0) is 41.8. The fourth-order valence-corrected chi connectivity index (χ4v) is 6.74. The number of esters is 2. The molecule has 0 radical (unpaired) electrons. The molecule has 0 aromatic carbocycles. The van der Waals surface area contributed by atoms with Gasteiger partial charge in [-0.2, -0.15) is 0 Å². The van der Waals surface area contributed by atoms with Crippen LogP contribution in [0.3, 0.4) is 0 Å². The molecule has 0 bridgehead atoms. The third kappa shape index (κ3) is 38.1. The van der Waals surface area contributed by atoms with E-state index in [0.29, 0.717) is 12.8 Å². The van der Waals surface area contributed by atoms with E-state index in [1.165, 1.54) is 83.5 Å². The molecule has 0 saturated carbocycles. The molecule has 5 unspecified atom stereocenters. The van der Waals surface area contributed by atoms with Gasteiger partial charge in [-0.3, -0.25) is 27.7 Å². The summed E-state index contributed by atoms with van der Waals surface area (Å²) in [6, 6.07) is 0. The van der Waals surface area contributed by atoms with Crippen LogP contribution in [0.15, 0.2) is 24.3 Å². The molecule has 0 fully saturated rings. The van der Waals surface area contributed by atoms with Crippen molar-refractivity contribution >= 4 is 27.6 Å². The predicted octanol–water partition coefficient (Wildman–Crippen LogP) is 8.16. The highest BCUT2D eigenvalue weighted by atomic mass is 31.2. The summed E-state index contributed by atoms with van der Waals surface area (Å²) in [6.45, 7) is 0.313. The van der Waals surface area contributed by atoms with Gasteiger partial charge in [0.2, 0.25) is 0 Å². The maximum Gasteiger partial charge on any atom is 0.472 e. The largest absolute Gasteiger partial charge is 0.472 e. The summed E-state index contributed by atoms with van der Waals surface area (Å²) >= 11 is 0. The fraction of sp³-hybridized carbons (Fsp3) is 0.846. The lowest BCUT2D eigenvalue weighted by atomic mass is 10.1. The highest BCUT2D eigenvalue weighted by Crippen LogP contribution is 2.45. The number of unbranched alkanes of at least 4 members (excludes halogenated alkanes) is 16. The monoisotopic (exact) mass is 844 g/mol. The molecule has 330 valence electrons. The number of carbonyl (C=O) groups excluding carboxylic acids is 2. The Hall–Kier alpha value is -1.48. The molecule has 0 aliphatic heterocycles. The van der Waals surface area contributed by atoms with Crippen LogP contribution in [0, 0.1) is 0 Å². The first-order chi connectivity index (χ1) is 26.8. The van der Waals surface area contributed by atoms with Crippen molar-refractivity contribution in [2.24, 2.45) is 0 Å². The smallest absolute Gasteiger partial charge is 0.463 e. The minimum Gasteiger partial charge on any atom is -0.463 e. The molecular formula is C39H74O15P2. The second-order valence-electron chi connectivity index (χ2n) is 14.0. The standard InChI is InChI=1S/C39H74O15P2/c1-3-5-7-9-11-13-15-16-18-20-22-24-26-28-39(44)50-30-36(41)32-52-56(47,48)54-34-37(42)33-53-55(45,46)51-31-35(40)29-49-38(43)27-25-23-21-19-17-14-12-10-8-6-4-2/h16,18,22,24,35-37,40-42H,3-15,17,19-21,23,25-34H2,1-2H3,(H,45,46)(H,47,48)/b18-16-,24-22+. The number of aliphatic hydroxyl groups excluding tert-OH is 3. The molecule has 17 heteroatoms. The Morgan fingerprint density at radius 1 is 0.464 bits per heavy atom. The van der Waals surface area contributed by atoms with Gasteiger partial charge in [-0.15, -0.1) is 0 Å². The van der Waals surface area contributed by atoms with Crippen LogP contribution in [0.5, 0.6) is 0 Å². The maximum absolute atomic E-state index is 12.1. The average Bonchev–Trinajstić information content (AvgIpc) is 3.17. The van der Waals surface area contributed by atoms with Crippen molar-refractivity contribution in [3.05, 3.63) is 24.3 Å². The Morgan fingerprint density at radius 3 is 1.23 bits per heavy atom. The highest BCUT2D eigenvalue weighted by Gasteiger charge is 2.28. The molecule has 0 spiro atoms. The molecule has 5 N–H and O–H groups in total. The van der Waals surface area contributed by atoms with Gasteiger partial charge in [-0.25, -0.2) is 9.13 Å².